The van der Waals surface area contributed by atoms with Crippen LogP contribution in [0.25, 0.3) is 11.1 Å². The van der Waals surface area contributed by atoms with Crippen LogP contribution in [0.3, 0.4) is 0 Å². The lowest BCUT2D eigenvalue weighted by Gasteiger charge is -2.29. The largest absolute Gasteiger partial charge is 0.511 e. The van der Waals surface area contributed by atoms with Gasteiger partial charge in [0.1, 0.15) is 24.4 Å². The fourth-order valence-corrected chi connectivity index (χ4v) is 6.78. The third kappa shape index (κ3) is 6.95. The zero-order chi connectivity index (χ0) is 32.3. The topological polar surface area (TPSA) is 146 Å². The minimum absolute atomic E-state index is 0.0331. The number of ketones is 1. The molecule has 0 unspecified atom stereocenters. The lowest BCUT2D eigenvalue weighted by molar-refractivity contribution is -0.142. The van der Waals surface area contributed by atoms with Crippen molar-refractivity contribution in [3.8, 4) is 11.1 Å². The van der Waals surface area contributed by atoms with Crippen LogP contribution >= 0.6 is 0 Å². The highest BCUT2D eigenvalue weighted by Crippen LogP contribution is 2.44. The molecule has 2 aromatic rings. The Balaban J connectivity index is 1.15. The number of hydrogen-bond donors (Lipinski definition) is 3. The average Bonchev–Trinajstić information content (AvgIpc) is 3.60. The first-order chi connectivity index (χ1) is 21.5. The van der Waals surface area contributed by atoms with E-state index in [1.807, 2.05) is 50.2 Å². The van der Waals surface area contributed by atoms with Gasteiger partial charge in [0, 0.05) is 37.6 Å². The molecule has 1 heterocycles. The molecule has 2 aliphatic carbocycles. The molecule has 0 saturated carbocycles. The second-order valence-corrected chi connectivity index (χ2v) is 12.9. The predicted octanol–water partition coefficient (Wildman–Crippen LogP) is 5.41. The number of Topliss-reactive ketones (excluding diaryl/α,β-unsaturated/α-hetero) is 1. The summed E-state index contributed by atoms with van der Waals surface area (Å²) in [5.41, 5.74) is 4.78. The normalized spacial score (nSPS) is 20.1. The maximum Gasteiger partial charge on any atom is 0.410 e. The molecule has 1 aliphatic heterocycles. The predicted molar refractivity (Wildman–Crippen MR) is 169 cm³/mol. The number of aliphatic hydroxyl groups excluding tert-OH is 1. The summed E-state index contributed by atoms with van der Waals surface area (Å²) >= 11 is 0. The number of aliphatic carboxylic acids is 1. The number of ether oxygens (including phenoxy) is 1. The highest BCUT2D eigenvalue weighted by Gasteiger charge is 2.38. The number of aliphatic hydroxyl groups is 1. The highest BCUT2D eigenvalue weighted by molar-refractivity contribution is 6.22. The molecular formula is C35H41N3O7. The minimum atomic E-state index is -1.18. The first kappa shape index (κ1) is 31.9. The van der Waals surface area contributed by atoms with Gasteiger partial charge >= 0.3 is 12.1 Å². The second-order valence-electron chi connectivity index (χ2n) is 12.9. The lowest BCUT2D eigenvalue weighted by atomic mass is 9.76. The number of benzene rings is 2. The maximum atomic E-state index is 13.2. The zero-order valence-corrected chi connectivity index (χ0v) is 26.0. The van der Waals surface area contributed by atoms with Crippen LogP contribution in [0.1, 0.15) is 76.3 Å². The molecule has 3 N–H and O–H groups in total. The fourth-order valence-electron chi connectivity index (χ4n) is 6.78. The smallest absolute Gasteiger partial charge is 0.410 e. The first-order valence-electron chi connectivity index (χ1n) is 15.6. The van der Waals surface area contributed by atoms with Crippen LogP contribution < -0.4 is 5.32 Å². The van der Waals surface area contributed by atoms with Gasteiger partial charge < -0.3 is 20.3 Å². The second kappa shape index (κ2) is 13.3. The van der Waals surface area contributed by atoms with Crippen molar-refractivity contribution in [2.24, 2.45) is 10.4 Å². The summed E-state index contributed by atoms with van der Waals surface area (Å²) in [6, 6.07) is 14.1. The quantitative estimate of drug-likeness (QED) is 0.239. The van der Waals surface area contributed by atoms with Gasteiger partial charge in [0.25, 0.3) is 0 Å². The molecule has 2 aromatic carbocycles. The van der Waals surface area contributed by atoms with E-state index in [1.165, 1.54) is 4.90 Å². The van der Waals surface area contributed by atoms with Crippen LogP contribution in [0.15, 0.2) is 64.9 Å². The summed E-state index contributed by atoms with van der Waals surface area (Å²) in [5, 5.41) is 22.8. The molecule has 1 saturated heterocycles. The van der Waals surface area contributed by atoms with Gasteiger partial charge in [-0.25, -0.2) is 9.59 Å². The minimum Gasteiger partial charge on any atom is -0.511 e. The highest BCUT2D eigenvalue weighted by atomic mass is 16.6. The number of rotatable bonds is 10. The Morgan fingerprint density at radius 1 is 1.07 bits per heavy atom. The Kier molecular flexibility index (Phi) is 9.41. The van der Waals surface area contributed by atoms with Crippen molar-refractivity contribution in [3.63, 3.8) is 0 Å². The number of nitrogens with zero attached hydrogens (tertiary/aromatic N) is 2. The molecule has 10 nitrogen and oxygen atoms in total. The Hall–Kier alpha value is -4.47. The van der Waals surface area contributed by atoms with Crippen molar-refractivity contribution in [1.82, 2.24) is 10.2 Å². The van der Waals surface area contributed by atoms with Gasteiger partial charge in [-0.1, -0.05) is 62.4 Å². The molecule has 238 valence electrons. The van der Waals surface area contributed by atoms with Gasteiger partial charge in [-0.15, -0.1) is 0 Å². The summed E-state index contributed by atoms with van der Waals surface area (Å²) in [6.45, 7) is 6.22. The molecule has 2 amide bonds. The van der Waals surface area contributed by atoms with Gasteiger partial charge in [0.2, 0.25) is 5.91 Å². The number of fused-ring (bicyclic) bond motifs is 3. The van der Waals surface area contributed by atoms with Crippen LogP contribution in [0, 0.1) is 5.41 Å². The number of carboxylic acid groups (broad SMARTS) is 1. The van der Waals surface area contributed by atoms with Gasteiger partial charge in [0.05, 0.1) is 5.57 Å². The van der Waals surface area contributed by atoms with Crippen molar-refractivity contribution in [2.45, 2.75) is 77.3 Å². The van der Waals surface area contributed by atoms with E-state index < -0.39 is 30.1 Å². The molecule has 0 bridgehead atoms. The van der Waals surface area contributed by atoms with Crippen molar-refractivity contribution in [1.29, 1.82) is 0 Å². The van der Waals surface area contributed by atoms with Gasteiger partial charge in [-0.3, -0.25) is 19.5 Å². The van der Waals surface area contributed by atoms with Crippen LogP contribution in [0.2, 0.25) is 0 Å². The molecule has 3 aliphatic rings. The Labute approximate surface area is 263 Å². The summed E-state index contributed by atoms with van der Waals surface area (Å²) in [4.78, 5) is 56.8. The maximum absolute atomic E-state index is 13.2. The number of nitrogens with one attached hydrogen (secondary N) is 1. The van der Waals surface area contributed by atoms with E-state index >= 15 is 0 Å². The van der Waals surface area contributed by atoms with E-state index in [-0.39, 0.29) is 48.0 Å². The summed E-state index contributed by atoms with van der Waals surface area (Å²) in [7, 11) is 0. The molecular weight excluding hydrogens is 574 g/mol. The summed E-state index contributed by atoms with van der Waals surface area (Å²) in [6.07, 6.45) is 1.58. The van der Waals surface area contributed by atoms with Gasteiger partial charge in [0.15, 0.2) is 5.78 Å². The molecule has 0 spiro atoms. The van der Waals surface area contributed by atoms with E-state index in [0.29, 0.717) is 44.4 Å². The third-order valence-corrected chi connectivity index (χ3v) is 8.95. The SMILES string of the molecule is CC(=NCCC[C@H](NC(=O)[C@@H]1CCCN1C(=O)OCC1c2ccccc2-c2ccccc21)C(=O)O)C1=C(O)CC(C)(C)CC1=O. The van der Waals surface area contributed by atoms with E-state index in [1.54, 1.807) is 6.92 Å². The Morgan fingerprint density at radius 3 is 2.33 bits per heavy atom. The molecule has 0 aromatic heterocycles. The van der Waals surface area contributed by atoms with Gasteiger partial charge in [-0.05, 0) is 60.3 Å². The number of amides is 2. The van der Waals surface area contributed by atoms with E-state index in [2.05, 4.69) is 22.4 Å². The monoisotopic (exact) mass is 615 g/mol. The van der Waals surface area contributed by atoms with Crippen LogP contribution in [-0.2, 0) is 19.1 Å². The number of carboxylic acids is 1. The van der Waals surface area contributed by atoms with Crippen LogP contribution in [-0.4, -0.2) is 76.4 Å². The number of carbonyl (C=O) groups is 4. The van der Waals surface area contributed by atoms with Crippen molar-refractivity contribution in [3.05, 3.63) is 71.0 Å². The summed E-state index contributed by atoms with van der Waals surface area (Å²) < 4.78 is 5.77. The molecule has 45 heavy (non-hydrogen) atoms. The van der Waals surface area contributed by atoms with Gasteiger partial charge in [-0.2, -0.15) is 0 Å². The molecule has 5 rings (SSSR count). The number of carbonyl (C=O) groups excluding carboxylic acids is 3. The standard InChI is InChI=1S/C35H41N3O7/c1-21(31-29(39)18-35(2,3)19-30(31)40)36-16-8-14-27(33(42)43)37-32(41)28-15-9-17-38(28)34(44)45-20-26-24-12-6-4-10-22(24)23-11-5-7-13-25(23)26/h4-7,10-13,26-28,39H,8-9,14-20H2,1-3H3,(H,37,41)(H,42,43)/t27-,28-/m0/s1. The number of hydrogen-bond acceptors (Lipinski definition) is 7. The fraction of sp³-hybridized carbons (Fsp3) is 0.457. The van der Waals surface area contributed by atoms with Crippen molar-refractivity contribution < 1.29 is 34.1 Å². The molecule has 2 atom stereocenters. The number of likely N-dealkylation sites (tertiary alicyclic amines) is 1. The summed E-state index contributed by atoms with van der Waals surface area (Å²) in [5.74, 6) is -1.94. The molecule has 1 fully saturated rings. The van der Waals surface area contributed by atoms with E-state index in [9.17, 15) is 29.4 Å². The van der Waals surface area contributed by atoms with Crippen molar-refractivity contribution >= 4 is 29.5 Å². The Morgan fingerprint density at radius 2 is 1.71 bits per heavy atom. The van der Waals surface area contributed by atoms with Crippen LogP contribution in [0.5, 0.6) is 0 Å². The third-order valence-electron chi connectivity index (χ3n) is 8.95. The van der Waals surface area contributed by atoms with E-state index in [4.69, 9.17) is 4.74 Å². The lowest BCUT2D eigenvalue weighted by Crippen LogP contribution is -2.51. The molecule has 0 radical (unpaired) electrons. The number of allylic oxidation sites excluding steroid dienone is 2. The average molecular weight is 616 g/mol. The first-order valence-corrected chi connectivity index (χ1v) is 15.6. The number of aliphatic imine (C=N–C) groups is 1. The van der Waals surface area contributed by atoms with Crippen molar-refractivity contribution in [2.75, 3.05) is 19.7 Å². The van der Waals surface area contributed by atoms with E-state index in [0.717, 1.165) is 22.3 Å². The Bertz CT molecular complexity index is 1510. The molecule has 10 heteroatoms. The van der Waals surface area contributed by atoms with Crippen LogP contribution in [0.4, 0.5) is 4.79 Å². The zero-order valence-electron chi connectivity index (χ0n) is 26.0.